The van der Waals surface area contributed by atoms with Gasteiger partial charge in [-0.1, -0.05) is 13.8 Å². The Labute approximate surface area is 190 Å². The van der Waals surface area contributed by atoms with Gasteiger partial charge in [-0.25, -0.2) is 14.8 Å². The Hall–Kier alpha value is -3.04. The first-order chi connectivity index (χ1) is 15.3. The summed E-state index contributed by atoms with van der Waals surface area (Å²) in [6.07, 6.45) is 6.42. The van der Waals surface area contributed by atoms with E-state index in [0.29, 0.717) is 30.5 Å². The highest BCUT2D eigenvalue weighted by Gasteiger charge is 2.24. The van der Waals surface area contributed by atoms with Crippen molar-refractivity contribution in [2.45, 2.75) is 45.1 Å². The molecule has 0 amide bonds. The van der Waals surface area contributed by atoms with Crippen molar-refractivity contribution >= 4 is 34.8 Å². The molecule has 0 saturated carbocycles. The molecule has 3 aromatic rings. The highest BCUT2D eigenvalue weighted by Crippen LogP contribution is 2.23. The van der Waals surface area contributed by atoms with Crippen molar-refractivity contribution in [3.63, 3.8) is 0 Å². The summed E-state index contributed by atoms with van der Waals surface area (Å²) in [6, 6.07) is 3.83. The number of rotatable bonds is 7. The zero-order chi connectivity index (χ0) is 22.8. The summed E-state index contributed by atoms with van der Waals surface area (Å²) in [4.78, 5) is 35.6. The number of anilines is 1. The summed E-state index contributed by atoms with van der Waals surface area (Å²) < 4.78 is 1.46. The number of thiazole rings is 1. The van der Waals surface area contributed by atoms with Crippen LogP contribution in [0.1, 0.15) is 48.0 Å². The van der Waals surface area contributed by atoms with E-state index in [1.54, 1.807) is 17.5 Å². The minimum atomic E-state index is -1.11. The molecule has 1 aliphatic heterocycles. The molecule has 1 aliphatic rings. The number of fused-ring (bicyclic) bond motifs is 1. The average Bonchev–Trinajstić information content (AvgIpc) is 3.40. The van der Waals surface area contributed by atoms with Crippen molar-refractivity contribution in [1.29, 1.82) is 0 Å². The lowest BCUT2D eigenvalue weighted by atomic mass is 10.1. The Balaban J connectivity index is 1.68. The van der Waals surface area contributed by atoms with Crippen molar-refractivity contribution in [2.75, 3.05) is 18.0 Å². The van der Waals surface area contributed by atoms with Crippen LogP contribution in [0.15, 0.2) is 34.6 Å². The highest BCUT2D eigenvalue weighted by atomic mass is 32.1. The third kappa shape index (κ3) is 4.73. The molecule has 8 nitrogen and oxygen atoms in total. The lowest BCUT2D eigenvalue weighted by molar-refractivity contribution is -0.131. The number of hydrogen-bond acceptors (Lipinski definition) is 7. The number of carboxylic acids is 1. The Kier molecular flexibility index (Phi) is 6.38. The Morgan fingerprint density at radius 3 is 2.84 bits per heavy atom. The maximum absolute atomic E-state index is 13.2. The number of pyridine rings is 1. The van der Waals surface area contributed by atoms with Gasteiger partial charge in [0.2, 0.25) is 0 Å². The number of aromatic nitrogens is 3. The molecule has 4 heterocycles. The minimum Gasteiger partial charge on any atom is -0.478 e. The van der Waals surface area contributed by atoms with E-state index in [9.17, 15) is 9.59 Å². The standard InChI is InChI=1S/C23H27N5O3S/c1-14(2)18-13-32-20(25-18)5-3-15-7-10-28-19(11-15)26-22(27-9-8-16(24)12-27)17(23(28)31)4-6-21(29)30/h4,6-7,10-11,13-14,16H,3,5,8-9,12,24H2,1-2H3,(H,29,30)/t16-/m1/s1. The quantitative estimate of drug-likeness (QED) is 0.529. The van der Waals surface area contributed by atoms with Gasteiger partial charge in [-0.15, -0.1) is 11.3 Å². The fourth-order valence-electron chi connectivity index (χ4n) is 3.82. The molecular formula is C23H27N5O3S. The van der Waals surface area contributed by atoms with E-state index >= 15 is 0 Å². The molecule has 0 bridgehead atoms. The van der Waals surface area contributed by atoms with Gasteiger partial charge in [0.1, 0.15) is 11.5 Å². The van der Waals surface area contributed by atoms with E-state index in [4.69, 9.17) is 20.8 Å². The number of nitrogens with two attached hydrogens (primary N) is 1. The molecule has 0 radical (unpaired) electrons. The van der Waals surface area contributed by atoms with Crippen molar-refractivity contribution in [2.24, 2.45) is 5.73 Å². The largest absolute Gasteiger partial charge is 0.478 e. The maximum atomic E-state index is 13.2. The van der Waals surface area contributed by atoms with Crippen molar-refractivity contribution in [3.8, 4) is 0 Å². The summed E-state index contributed by atoms with van der Waals surface area (Å²) in [7, 11) is 0. The molecule has 3 N–H and O–H groups in total. The van der Waals surface area contributed by atoms with Crippen LogP contribution < -0.4 is 16.2 Å². The third-order valence-electron chi connectivity index (χ3n) is 5.61. The fourth-order valence-corrected chi connectivity index (χ4v) is 4.77. The predicted molar refractivity (Wildman–Crippen MR) is 127 cm³/mol. The first kappa shape index (κ1) is 22.2. The first-order valence-corrected chi connectivity index (χ1v) is 11.6. The molecule has 168 valence electrons. The van der Waals surface area contributed by atoms with Gasteiger partial charge in [-0.2, -0.15) is 0 Å². The topological polar surface area (TPSA) is 114 Å². The third-order valence-corrected chi connectivity index (χ3v) is 6.54. The molecule has 32 heavy (non-hydrogen) atoms. The van der Waals surface area contributed by atoms with Crippen LogP contribution in [0.4, 0.5) is 5.82 Å². The molecular weight excluding hydrogens is 426 g/mol. The van der Waals surface area contributed by atoms with Gasteiger partial charge < -0.3 is 15.7 Å². The van der Waals surface area contributed by atoms with E-state index in [2.05, 4.69) is 19.2 Å². The summed E-state index contributed by atoms with van der Waals surface area (Å²) in [5, 5.41) is 12.3. The zero-order valence-electron chi connectivity index (χ0n) is 18.2. The van der Waals surface area contributed by atoms with Crippen LogP contribution in [0.5, 0.6) is 0 Å². The van der Waals surface area contributed by atoms with Gasteiger partial charge in [0.25, 0.3) is 5.56 Å². The van der Waals surface area contributed by atoms with E-state index in [-0.39, 0.29) is 17.2 Å². The van der Waals surface area contributed by atoms with Gasteiger partial charge in [-0.3, -0.25) is 9.20 Å². The van der Waals surface area contributed by atoms with Gasteiger partial charge in [0, 0.05) is 43.2 Å². The second-order valence-corrected chi connectivity index (χ2v) is 9.35. The normalized spacial score (nSPS) is 16.6. The van der Waals surface area contributed by atoms with E-state index < -0.39 is 5.97 Å². The van der Waals surface area contributed by atoms with Gasteiger partial charge in [0.05, 0.1) is 16.3 Å². The summed E-state index contributed by atoms with van der Waals surface area (Å²) in [5.74, 6) is -0.214. The number of aliphatic carboxylic acids is 1. The molecule has 9 heteroatoms. The van der Waals surface area contributed by atoms with Crippen molar-refractivity contribution < 1.29 is 9.90 Å². The monoisotopic (exact) mass is 453 g/mol. The second kappa shape index (κ2) is 9.22. The van der Waals surface area contributed by atoms with Crippen LogP contribution in [0.25, 0.3) is 11.7 Å². The van der Waals surface area contributed by atoms with E-state index in [1.807, 2.05) is 17.0 Å². The molecule has 0 aliphatic carbocycles. The number of hydrogen-bond donors (Lipinski definition) is 2. The van der Waals surface area contributed by atoms with Crippen LogP contribution in [0, 0.1) is 0 Å². The Morgan fingerprint density at radius 2 is 2.19 bits per heavy atom. The molecule has 3 aromatic heterocycles. The first-order valence-electron chi connectivity index (χ1n) is 10.7. The Morgan fingerprint density at radius 1 is 1.38 bits per heavy atom. The van der Waals surface area contributed by atoms with Gasteiger partial charge in [-0.05, 0) is 42.5 Å². The Bertz CT molecular complexity index is 1230. The smallest absolute Gasteiger partial charge is 0.328 e. The van der Waals surface area contributed by atoms with Gasteiger partial charge >= 0.3 is 5.97 Å². The van der Waals surface area contributed by atoms with Crippen LogP contribution >= 0.6 is 11.3 Å². The summed E-state index contributed by atoms with van der Waals surface area (Å²) in [5.41, 5.74) is 8.74. The number of carboxylic acid groups (broad SMARTS) is 1. The second-order valence-electron chi connectivity index (χ2n) is 8.40. The number of carbonyl (C=O) groups is 1. The predicted octanol–water partition coefficient (Wildman–Crippen LogP) is 2.69. The SMILES string of the molecule is CC(C)c1csc(CCc2ccn3c(=O)c(C=CC(=O)O)c(N4CC[C@@H](N)C4)nc3c2)n1. The van der Waals surface area contributed by atoms with E-state index in [1.165, 1.54) is 10.5 Å². The summed E-state index contributed by atoms with van der Waals surface area (Å²) in [6.45, 7) is 5.53. The molecule has 0 aromatic carbocycles. The van der Waals surface area contributed by atoms with E-state index in [0.717, 1.165) is 41.6 Å². The lowest BCUT2D eigenvalue weighted by Crippen LogP contribution is -2.30. The minimum absolute atomic E-state index is 0.00640. The molecule has 4 rings (SSSR count). The van der Waals surface area contributed by atoms with Crippen molar-refractivity contribution in [3.05, 3.63) is 62.0 Å². The molecule has 1 atom stereocenters. The maximum Gasteiger partial charge on any atom is 0.328 e. The highest BCUT2D eigenvalue weighted by molar-refractivity contribution is 7.09. The summed E-state index contributed by atoms with van der Waals surface area (Å²) >= 11 is 1.68. The lowest BCUT2D eigenvalue weighted by Gasteiger charge is -2.20. The number of aryl methyl sites for hydroxylation is 2. The van der Waals surface area contributed by atoms with Crippen LogP contribution in [0.3, 0.4) is 0 Å². The fraction of sp³-hybridized carbons (Fsp3) is 0.391. The van der Waals surface area contributed by atoms with Crippen LogP contribution in [-0.2, 0) is 17.6 Å². The van der Waals surface area contributed by atoms with Crippen molar-refractivity contribution in [1.82, 2.24) is 14.4 Å². The molecule has 0 spiro atoms. The number of nitrogens with zero attached hydrogens (tertiary/aromatic N) is 4. The molecule has 1 saturated heterocycles. The zero-order valence-corrected chi connectivity index (χ0v) is 19.0. The average molecular weight is 454 g/mol. The van der Waals surface area contributed by atoms with Gasteiger partial charge in [0.15, 0.2) is 0 Å². The molecule has 0 unspecified atom stereocenters. The molecule has 1 fully saturated rings. The van der Waals surface area contributed by atoms with Crippen LogP contribution in [-0.4, -0.2) is 44.6 Å². The van der Waals surface area contributed by atoms with Crippen LogP contribution in [0.2, 0.25) is 0 Å².